The minimum Gasteiger partial charge on any atom is -0.494 e. The van der Waals surface area contributed by atoms with E-state index in [0.717, 1.165) is 0 Å². The van der Waals surface area contributed by atoms with Crippen LogP contribution in [0, 0.1) is 0 Å². The molecule has 0 spiro atoms. The molecule has 0 unspecified atom stereocenters. The number of carbonyl (C=O) groups is 2. The first kappa shape index (κ1) is 17.9. The summed E-state index contributed by atoms with van der Waals surface area (Å²) in [5.74, 6) is -1.49. The van der Waals surface area contributed by atoms with Crippen molar-refractivity contribution in [2.75, 3.05) is 6.61 Å². The lowest BCUT2D eigenvalue weighted by atomic mass is 10.3. The van der Waals surface area contributed by atoms with Crippen LogP contribution in [0.25, 0.3) is 0 Å². The van der Waals surface area contributed by atoms with Gasteiger partial charge < -0.3 is 10.1 Å². The van der Waals surface area contributed by atoms with Crippen molar-refractivity contribution in [3.63, 3.8) is 0 Å². The quantitative estimate of drug-likeness (QED) is 0.499. The van der Waals surface area contributed by atoms with Gasteiger partial charge in [0.15, 0.2) is 0 Å². The molecule has 0 saturated heterocycles. The van der Waals surface area contributed by atoms with E-state index in [0.29, 0.717) is 12.4 Å². The summed E-state index contributed by atoms with van der Waals surface area (Å²) in [6.07, 6.45) is 0. The highest BCUT2D eigenvalue weighted by Crippen LogP contribution is 2.15. The van der Waals surface area contributed by atoms with Crippen molar-refractivity contribution in [3.8, 4) is 5.75 Å². The molecule has 0 aliphatic carbocycles. The highest BCUT2D eigenvalue weighted by atomic mass is 32.2. The van der Waals surface area contributed by atoms with E-state index in [2.05, 4.69) is 5.32 Å². The van der Waals surface area contributed by atoms with Gasteiger partial charge in [-0.2, -0.15) is 0 Å². The number of hydrogen-bond donors (Lipinski definition) is 3. The zero-order valence-corrected chi connectivity index (χ0v) is 13.4. The second-order valence-electron chi connectivity index (χ2n) is 4.59. The number of carbonyl (C=O) groups excluding carboxylic acids is 2. The largest absolute Gasteiger partial charge is 0.494 e. The Bertz CT molecular complexity index is 626. The maximum Gasteiger partial charge on any atom is 0.324 e. The van der Waals surface area contributed by atoms with E-state index in [1.54, 1.807) is 13.8 Å². The summed E-state index contributed by atoms with van der Waals surface area (Å²) >= 11 is 0. The molecule has 0 radical (unpaired) electrons. The molecule has 122 valence electrons. The molecule has 1 aromatic rings. The molecule has 0 fully saturated rings. The molecule has 0 aliphatic rings. The molecule has 1 aromatic carbocycles. The minimum atomic E-state index is -3.97. The molecule has 3 N–H and O–H groups in total. The number of nitrogens with one attached hydrogen (secondary N) is 3. The summed E-state index contributed by atoms with van der Waals surface area (Å²) < 4.78 is 29.1. The number of ether oxygens (including phenoxy) is 1. The highest BCUT2D eigenvalue weighted by Gasteiger charge is 2.19. The molecule has 2 amide bonds. The van der Waals surface area contributed by atoms with Crippen LogP contribution in [0.1, 0.15) is 20.8 Å². The minimum absolute atomic E-state index is 0.0690. The molecule has 22 heavy (non-hydrogen) atoms. The number of amides is 2. The Morgan fingerprint density at radius 2 is 1.73 bits per heavy atom. The van der Waals surface area contributed by atoms with Gasteiger partial charge in [-0.05, 0) is 45.0 Å². The molecule has 0 aromatic heterocycles. The summed E-state index contributed by atoms with van der Waals surface area (Å²) in [5, 5.41) is 2.34. The van der Waals surface area contributed by atoms with E-state index in [1.807, 2.05) is 17.2 Å². The lowest BCUT2D eigenvalue weighted by Crippen LogP contribution is -2.49. The predicted octanol–water partition coefficient (Wildman–Crippen LogP) is -0.0806. The first-order chi connectivity index (χ1) is 10.3. The van der Waals surface area contributed by atoms with Gasteiger partial charge in [0.2, 0.25) is 0 Å². The van der Waals surface area contributed by atoms with Crippen molar-refractivity contribution in [3.05, 3.63) is 24.3 Å². The Morgan fingerprint density at radius 1 is 1.14 bits per heavy atom. The number of hydrogen-bond acceptors (Lipinski definition) is 5. The molecule has 8 nitrogen and oxygen atoms in total. The third-order valence-electron chi connectivity index (χ3n) is 2.37. The topological polar surface area (TPSA) is 114 Å². The highest BCUT2D eigenvalue weighted by molar-refractivity contribution is 7.89. The second-order valence-corrected chi connectivity index (χ2v) is 6.27. The Hall–Kier alpha value is -2.13. The van der Waals surface area contributed by atoms with E-state index in [1.165, 1.54) is 24.3 Å². The standard InChI is InChI=1S/C13H19N3O5S/c1-4-21-10-5-7-11(8-6-10)22(19,20)16-15-13(18)12(17)14-9(2)3/h5-9,16H,4H2,1-3H3,(H,14,17)(H,15,18). The average molecular weight is 329 g/mol. The van der Waals surface area contributed by atoms with E-state index in [-0.39, 0.29) is 10.9 Å². The van der Waals surface area contributed by atoms with Gasteiger partial charge in [-0.3, -0.25) is 15.0 Å². The van der Waals surface area contributed by atoms with Gasteiger partial charge in [-0.25, -0.2) is 8.42 Å². The molecule has 0 bridgehead atoms. The number of sulfonamides is 1. The third kappa shape index (κ3) is 5.34. The summed E-state index contributed by atoms with van der Waals surface area (Å²) in [7, 11) is -3.97. The van der Waals surface area contributed by atoms with Crippen molar-refractivity contribution < 1.29 is 22.7 Å². The predicted molar refractivity (Wildman–Crippen MR) is 79.4 cm³/mol. The second kappa shape index (κ2) is 7.76. The van der Waals surface area contributed by atoms with Crippen LogP contribution in [-0.4, -0.2) is 32.9 Å². The average Bonchev–Trinajstić information content (AvgIpc) is 2.45. The van der Waals surface area contributed by atoms with E-state index >= 15 is 0 Å². The van der Waals surface area contributed by atoms with Crippen molar-refractivity contribution in [1.82, 2.24) is 15.6 Å². The first-order valence-corrected chi connectivity index (χ1v) is 8.10. The van der Waals surface area contributed by atoms with Gasteiger partial charge in [0.25, 0.3) is 10.0 Å². The van der Waals surface area contributed by atoms with Crippen molar-refractivity contribution >= 4 is 21.8 Å². The van der Waals surface area contributed by atoms with Crippen molar-refractivity contribution in [2.24, 2.45) is 0 Å². The van der Waals surface area contributed by atoms with Crippen LogP contribution in [0.15, 0.2) is 29.2 Å². The fourth-order valence-corrected chi connectivity index (χ4v) is 2.28. The fourth-order valence-electron chi connectivity index (χ4n) is 1.44. The Balaban J connectivity index is 2.67. The Labute approximate surface area is 129 Å². The van der Waals surface area contributed by atoms with E-state index in [9.17, 15) is 18.0 Å². The Morgan fingerprint density at radius 3 is 2.23 bits per heavy atom. The number of hydrazine groups is 1. The monoisotopic (exact) mass is 329 g/mol. The van der Waals surface area contributed by atoms with Gasteiger partial charge in [-0.15, -0.1) is 4.83 Å². The SMILES string of the molecule is CCOc1ccc(S(=O)(=O)NNC(=O)C(=O)NC(C)C)cc1. The summed E-state index contributed by atoms with van der Waals surface area (Å²) in [4.78, 5) is 24.6. The molecular weight excluding hydrogens is 310 g/mol. The van der Waals surface area contributed by atoms with Crippen LogP contribution in [0.2, 0.25) is 0 Å². The zero-order valence-electron chi connectivity index (χ0n) is 12.5. The normalized spacial score (nSPS) is 11.1. The molecular formula is C13H19N3O5S. The maximum absolute atomic E-state index is 12.0. The molecule has 0 aliphatic heterocycles. The molecule has 9 heteroatoms. The smallest absolute Gasteiger partial charge is 0.324 e. The van der Waals surface area contributed by atoms with E-state index < -0.39 is 21.8 Å². The fraction of sp³-hybridized carbons (Fsp3) is 0.385. The molecule has 1 rings (SSSR count). The van der Waals surface area contributed by atoms with Gasteiger partial charge in [0.05, 0.1) is 11.5 Å². The maximum atomic E-state index is 12.0. The van der Waals surface area contributed by atoms with Gasteiger partial charge in [0, 0.05) is 6.04 Å². The van der Waals surface area contributed by atoms with Crippen LogP contribution >= 0.6 is 0 Å². The molecule has 0 atom stereocenters. The lowest BCUT2D eigenvalue weighted by Gasteiger charge is -2.10. The van der Waals surface area contributed by atoms with Gasteiger partial charge >= 0.3 is 11.8 Å². The van der Waals surface area contributed by atoms with Crippen molar-refractivity contribution in [1.29, 1.82) is 0 Å². The van der Waals surface area contributed by atoms with E-state index in [4.69, 9.17) is 4.74 Å². The van der Waals surface area contributed by atoms with Crippen LogP contribution in [0.5, 0.6) is 5.75 Å². The Kier molecular flexibility index (Phi) is 6.32. The first-order valence-electron chi connectivity index (χ1n) is 6.61. The zero-order chi connectivity index (χ0) is 16.8. The summed E-state index contributed by atoms with van der Waals surface area (Å²) in [6.45, 7) is 5.62. The number of benzene rings is 1. The van der Waals surface area contributed by atoms with Crippen LogP contribution in [0.3, 0.4) is 0 Å². The van der Waals surface area contributed by atoms with Gasteiger partial charge in [-0.1, -0.05) is 0 Å². The summed E-state index contributed by atoms with van der Waals surface area (Å²) in [6, 6.07) is 5.40. The molecule has 0 saturated carbocycles. The third-order valence-corrected chi connectivity index (χ3v) is 3.63. The summed E-state index contributed by atoms with van der Waals surface area (Å²) in [5.41, 5.74) is 1.85. The van der Waals surface area contributed by atoms with Crippen LogP contribution < -0.4 is 20.3 Å². The van der Waals surface area contributed by atoms with Crippen LogP contribution in [0.4, 0.5) is 0 Å². The lowest BCUT2D eigenvalue weighted by molar-refractivity contribution is -0.139. The molecule has 0 heterocycles. The van der Waals surface area contributed by atoms with Gasteiger partial charge in [0.1, 0.15) is 5.75 Å². The van der Waals surface area contributed by atoms with Crippen LogP contribution in [-0.2, 0) is 19.6 Å². The number of rotatable bonds is 6. The van der Waals surface area contributed by atoms with Crippen molar-refractivity contribution in [2.45, 2.75) is 31.7 Å².